The van der Waals surface area contributed by atoms with E-state index in [1.54, 1.807) is 7.11 Å². The van der Waals surface area contributed by atoms with Gasteiger partial charge in [-0.15, -0.1) is 0 Å². The van der Waals surface area contributed by atoms with E-state index >= 15 is 0 Å². The lowest BCUT2D eigenvalue weighted by Gasteiger charge is -2.28. The summed E-state index contributed by atoms with van der Waals surface area (Å²) in [4.78, 5) is 0. The van der Waals surface area contributed by atoms with Crippen LogP contribution in [-0.2, 0) is 12.0 Å². The second-order valence-corrected chi connectivity index (χ2v) is 6.13. The van der Waals surface area contributed by atoms with Crippen molar-refractivity contribution in [1.82, 2.24) is 5.32 Å². The summed E-state index contributed by atoms with van der Waals surface area (Å²) in [5, 5.41) is 3.66. The minimum atomic E-state index is 0.139. The molecule has 1 N–H and O–H groups in total. The Morgan fingerprint density at radius 2 is 2.11 bits per heavy atom. The topological polar surface area (TPSA) is 21.3 Å². The molecule has 19 heavy (non-hydrogen) atoms. The van der Waals surface area contributed by atoms with Crippen LogP contribution in [0, 0.1) is 0 Å². The van der Waals surface area contributed by atoms with Crippen LogP contribution in [-0.4, -0.2) is 13.7 Å². The van der Waals surface area contributed by atoms with Gasteiger partial charge in [-0.2, -0.15) is 0 Å². The molecule has 0 amide bonds. The number of hydrogen-bond donors (Lipinski definition) is 1. The number of aryl methyl sites for hydroxylation is 1. The van der Waals surface area contributed by atoms with Gasteiger partial charge in [0.1, 0.15) is 5.75 Å². The van der Waals surface area contributed by atoms with Crippen molar-refractivity contribution < 1.29 is 4.74 Å². The fourth-order valence-electron chi connectivity index (χ4n) is 3.11. The number of methoxy groups -OCH3 is 1. The predicted molar refractivity (Wildman–Crippen MR) is 81.0 cm³/mol. The van der Waals surface area contributed by atoms with E-state index in [0.717, 1.165) is 18.7 Å². The quantitative estimate of drug-likeness (QED) is 0.885. The lowest BCUT2D eigenvalue weighted by Crippen LogP contribution is -2.33. The van der Waals surface area contributed by atoms with Crippen molar-refractivity contribution in [2.24, 2.45) is 0 Å². The van der Waals surface area contributed by atoms with Crippen molar-refractivity contribution in [3.8, 4) is 5.75 Å². The smallest absolute Gasteiger partial charge is 0.125 e. The highest BCUT2D eigenvalue weighted by atomic mass is 16.5. The van der Waals surface area contributed by atoms with Gasteiger partial charge in [-0.3, -0.25) is 0 Å². The van der Waals surface area contributed by atoms with Gasteiger partial charge in [0, 0.05) is 5.54 Å². The Labute approximate surface area is 117 Å². The van der Waals surface area contributed by atoms with Gasteiger partial charge >= 0.3 is 0 Å². The van der Waals surface area contributed by atoms with Crippen molar-refractivity contribution in [1.29, 1.82) is 0 Å². The van der Waals surface area contributed by atoms with Gasteiger partial charge < -0.3 is 10.1 Å². The van der Waals surface area contributed by atoms with Crippen molar-refractivity contribution >= 4 is 0 Å². The summed E-state index contributed by atoms with van der Waals surface area (Å²) in [7, 11) is 1.79. The van der Waals surface area contributed by atoms with E-state index in [0.29, 0.717) is 5.92 Å². The standard InChI is InChI=1S/C17H27NO/c1-6-13-10-14(17(4)8-7-9-18-17)11-15(12(2)3)16(13)19-5/h10-12,18H,6-9H2,1-5H3. The van der Waals surface area contributed by atoms with Crippen LogP contribution in [0.25, 0.3) is 0 Å². The van der Waals surface area contributed by atoms with E-state index in [4.69, 9.17) is 4.74 Å². The summed E-state index contributed by atoms with van der Waals surface area (Å²) in [5.41, 5.74) is 4.23. The highest BCUT2D eigenvalue weighted by molar-refractivity contribution is 5.48. The number of hydrogen-bond acceptors (Lipinski definition) is 2. The van der Waals surface area contributed by atoms with Gasteiger partial charge in [-0.1, -0.05) is 26.8 Å². The fraction of sp³-hybridized carbons (Fsp3) is 0.647. The Balaban J connectivity index is 2.54. The first-order valence-electron chi connectivity index (χ1n) is 7.48. The van der Waals surface area contributed by atoms with Crippen molar-refractivity contribution in [2.75, 3.05) is 13.7 Å². The number of nitrogens with one attached hydrogen (secondary N) is 1. The maximum atomic E-state index is 5.66. The molecule has 2 heteroatoms. The largest absolute Gasteiger partial charge is 0.496 e. The molecule has 1 saturated heterocycles. The van der Waals surface area contributed by atoms with Gasteiger partial charge in [-0.25, -0.2) is 0 Å². The molecule has 1 aliphatic heterocycles. The van der Waals surface area contributed by atoms with Crippen LogP contribution in [0.4, 0.5) is 0 Å². The third-order valence-corrected chi connectivity index (χ3v) is 4.41. The van der Waals surface area contributed by atoms with E-state index in [-0.39, 0.29) is 5.54 Å². The second kappa shape index (κ2) is 5.54. The molecule has 0 bridgehead atoms. The first-order valence-corrected chi connectivity index (χ1v) is 7.48. The Hall–Kier alpha value is -1.02. The summed E-state index contributed by atoms with van der Waals surface area (Å²) in [6.45, 7) is 10.1. The molecular formula is C17H27NO. The lowest BCUT2D eigenvalue weighted by molar-refractivity contribution is 0.398. The summed E-state index contributed by atoms with van der Waals surface area (Å²) >= 11 is 0. The van der Waals surface area contributed by atoms with Gasteiger partial charge in [0.05, 0.1) is 7.11 Å². The highest BCUT2D eigenvalue weighted by Crippen LogP contribution is 2.38. The van der Waals surface area contributed by atoms with Gasteiger partial charge in [0.15, 0.2) is 0 Å². The zero-order valence-corrected chi connectivity index (χ0v) is 13.0. The van der Waals surface area contributed by atoms with Gasteiger partial charge in [0.2, 0.25) is 0 Å². The maximum Gasteiger partial charge on any atom is 0.125 e. The molecule has 106 valence electrons. The summed E-state index contributed by atoms with van der Waals surface area (Å²) in [5.74, 6) is 1.58. The van der Waals surface area contributed by atoms with Crippen LogP contribution in [0.2, 0.25) is 0 Å². The Morgan fingerprint density at radius 1 is 1.37 bits per heavy atom. The monoisotopic (exact) mass is 261 g/mol. The van der Waals surface area contributed by atoms with Crippen LogP contribution in [0.15, 0.2) is 12.1 Å². The van der Waals surface area contributed by atoms with E-state index in [1.165, 1.54) is 29.5 Å². The molecule has 0 aliphatic carbocycles. The lowest BCUT2D eigenvalue weighted by atomic mass is 9.85. The van der Waals surface area contributed by atoms with E-state index in [9.17, 15) is 0 Å². The minimum Gasteiger partial charge on any atom is -0.496 e. The van der Waals surface area contributed by atoms with E-state index in [1.807, 2.05) is 0 Å². The zero-order chi connectivity index (χ0) is 14.0. The first-order chi connectivity index (χ1) is 9.01. The first kappa shape index (κ1) is 14.4. The number of benzene rings is 1. The fourth-order valence-corrected chi connectivity index (χ4v) is 3.11. The molecule has 1 fully saturated rings. The SMILES string of the molecule is CCc1cc(C2(C)CCCN2)cc(C(C)C)c1OC. The molecule has 1 aromatic rings. The third kappa shape index (κ3) is 2.64. The molecule has 1 atom stereocenters. The predicted octanol–water partition coefficient (Wildman–Crippen LogP) is 3.98. The molecule has 1 heterocycles. The highest BCUT2D eigenvalue weighted by Gasteiger charge is 2.31. The molecule has 1 aromatic carbocycles. The Kier molecular flexibility index (Phi) is 4.19. The summed E-state index contributed by atoms with van der Waals surface area (Å²) in [6.07, 6.45) is 3.51. The zero-order valence-electron chi connectivity index (χ0n) is 13.0. The molecule has 0 saturated carbocycles. The van der Waals surface area contributed by atoms with Crippen LogP contribution in [0.5, 0.6) is 5.75 Å². The molecular weight excluding hydrogens is 234 g/mol. The molecule has 0 spiro atoms. The van der Waals surface area contributed by atoms with Crippen LogP contribution < -0.4 is 10.1 Å². The molecule has 2 rings (SSSR count). The molecule has 0 aromatic heterocycles. The average molecular weight is 261 g/mol. The molecule has 2 nitrogen and oxygen atoms in total. The third-order valence-electron chi connectivity index (χ3n) is 4.41. The van der Waals surface area contributed by atoms with Crippen LogP contribution >= 0.6 is 0 Å². The Bertz CT molecular complexity index is 445. The molecule has 1 unspecified atom stereocenters. The van der Waals surface area contributed by atoms with Gasteiger partial charge in [0.25, 0.3) is 0 Å². The maximum absolute atomic E-state index is 5.66. The Morgan fingerprint density at radius 3 is 2.58 bits per heavy atom. The van der Waals surface area contributed by atoms with E-state index < -0.39 is 0 Å². The van der Waals surface area contributed by atoms with Crippen LogP contribution in [0.1, 0.15) is 63.1 Å². The van der Waals surface area contributed by atoms with Crippen molar-refractivity contribution in [3.05, 3.63) is 28.8 Å². The number of ether oxygens (including phenoxy) is 1. The van der Waals surface area contributed by atoms with Gasteiger partial charge in [-0.05, 0) is 61.4 Å². The second-order valence-electron chi connectivity index (χ2n) is 6.13. The molecule has 0 radical (unpaired) electrons. The average Bonchev–Trinajstić information content (AvgIpc) is 2.85. The van der Waals surface area contributed by atoms with E-state index in [2.05, 4.69) is 45.1 Å². The van der Waals surface area contributed by atoms with Crippen molar-refractivity contribution in [3.63, 3.8) is 0 Å². The summed E-state index contributed by atoms with van der Waals surface area (Å²) in [6, 6.07) is 4.68. The summed E-state index contributed by atoms with van der Waals surface area (Å²) < 4.78 is 5.66. The number of rotatable bonds is 4. The normalized spacial score (nSPS) is 23.1. The van der Waals surface area contributed by atoms with Crippen molar-refractivity contribution in [2.45, 2.75) is 58.4 Å². The molecule has 1 aliphatic rings. The van der Waals surface area contributed by atoms with Crippen LogP contribution in [0.3, 0.4) is 0 Å². The minimum absolute atomic E-state index is 0.139.